The molecule has 0 heterocycles. The van der Waals surface area contributed by atoms with Crippen molar-refractivity contribution in [3.05, 3.63) is 18.2 Å². The molecule has 1 aromatic carbocycles. The van der Waals surface area contributed by atoms with Gasteiger partial charge in [0.05, 0.1) is 13.2 Å². The highest BCUT2D eigenvalue weighted by Gasteiger charge is 2.21. The molecule has 5 nitrogen and oxygen atoms in total. The molecule has 0 atom stereocenters. The van der Waals surface area contributed by atoms with Crippen LogP contribution in [-0.2, 0) is 10.0 Å². The fourth-order valence-electron chi connectivity index (χ4n) is 1.26. The minimum Gasteiger partial charge on any atom is -0.492 e. The first-order chi connectivity index (χ1) is 8.36. The van der Waals surface area contributed by atoms with E-state index in [9.17, 15) is 17.2 Å². The van der Waals surface area contributed by atoms with E-state index >= 15 is 0 Å². The van der Waals surface area contributed by atoms with Gasteiger partial charge in [0.15, 0.2) is 0 Å². The molecule has 0 aliphatic carbocycles. The van der Waals surface area contributed by atoms with Crippen LogP contribution in [0.1, 0.15) is 6.92 Å². The third-order valence-electron chi connectivity index (χ3n) is 1.98. The summed E-state index contributed by atoms with van der Waals surface area (Å²) in [4.78, 5) is -0.245. The van der Waals surface area contributed by atoms with E-state index in [-0.39, 0.29) is 22.9 Å². The number of nitrogen functional groups attached to an aromatic ring is 1. The number of sulfonamides is 1. The predicted molar refractivity (Wildman–Crippen MR) is 63.2 cm³/mol. The molecule has 0 spiro atoms. The Morgan fingerprint density at radius 2 is 2.11 bits per heavy atom. The summed E-state index contributed by atoms with van der Waals surface area (Å²) in [5.74, 6) is 0.0773. The first-order valence-electron chi connectivity index (χ1n) is 5.17. The minimum absolute atomic E-state index is 0.0773. The third-order valence-corrected chi connectivity index (χ3v) is 3.43. The van der Waals surface area contributed by atoms with Crippen molar-refractivity contribution in [2.75, 3.05) is 18.9 Å². The van der Waals surface area contributed by atoms with Crippen molar-refractivity contribution in [3.8, 4) is 5.75 Å². The Labute approximate surface area is 104 Å². The number of hydrogen-bond acceptors (Lipinski definition) is 4. The molecule has 3 N–H and O–H groups in total. The van der Waals surface area contributed by atoms with Crippen molar-refractivity contribution in [2.24, 2.45) is 0 Å². The van der Waals surface area contributed by atoms with Gasteiger partial charge in [-0.05, 0) is 25.1 Å². The van der Waals surface area contributed by atoms with E-state index in [0.717, 1.165) is 0 Å². The van der Waals surface area contributed by atoms with Gasteiger partial charge >= 0.3 is 0 Å². The maximum atomic E-state index is 12.0. The number of benzene rings is 1. The van der Waals surface area contributed by atoms with E-state index in [2.05, 4.69) is 0 Å². The lowest BCUT2D eigenvalue weighted by Crippen LogP contribution is -2.29. The van der Waals surface area contributed by atoms with Gasteiger partial charge in [-0.15, -0.1) is 0 Å². The SMILES string of the molecule is CCOc1ccc(N)cc1S(=O)(=O)NCC(F)F. The molecule has 0 aliphatic rings. The molecular weight excluding hydrogens is 266 g/mol. The van der Waals surface area contributed by atoms with Crippen LogP contribution in [0.4, 0.5) is 14.5 Å². The number of rotatable bonds is 6. The number of halogens is 2. The normalized spacial score (nSPS) is 11.8. The van der Waals surface area contributed by atoms with Crippen molar-refractivity contribution < 1.29 is 21.9 Å². The summed E-state index contributed by atoms with van der Waals surface area (Å²) >= 11 is 0. The van der Waals surface area contributed by atoms with Crippen LogP contribution in [0.25, 0.3) is 0 Å². The minimum atomic E-state index is -4.07. The van der Waals surface area contributed by atoms with Gasteiger partial charge in [-0.2, -0.15) is 0 Å². The summed E-state index contributed by atoms with van der Waals surface area (Å²) in [6.45, 7) is 0.976. The first-order valence-corrected chi connectivity index (χ1v) is 6.65. The Bertz CT molecular complexity index is 506. The zero-order valence-electron chi connectivity index (χ0n) is 9.69. The van der Waals surface area contributed by atoms with E-state index < -0.39 is 23.0 Å². The second kappa shape index (κ2) is 5.96. The molecule has 0 bridgehead atoms. The van der Waals surface area contributed by atoms with Gasteiger partial charge in [0.2, 0.25) is 10.0 Å². The van der Waals surface area contributed by atoms with Gasteiger partial charge in [-0.3, -0.25) is 0 Å². The molecule has 18 heavy (non-hydrogen) atoms. The van der Waals surface area contributed by atoms with Crippen LogP contribution in [0.15, 0.2) is 23.1 Å². The standard InChI is InChI=1S/C10H14F2N2O3S/c1-2-17-8-4-3-7(13)5-9(8)18(15,16)14-6-10(11)12/h3-5,10,14H,2,6,13H2,1H3. The lowest BCUT2D eigenvalue weighted by Gasteiger charge is -2.12. The number of alkyl halides is 2. The maximum Gasteiger partial charge on any atom is 0.251 e. The Kier molecular flexibility index (Phi) is 4.85. The molecule has 0 fully saturated rings. The largest absolute Gasteiger partial charge is 0.492 e. The molecule has 102 valence electrons. The van der Waals surface area contributed by atoms with Crippen LogP contribution in [0.5, 0.6) is 5.75 Å². The summed E-state index contributed by atoms with van der Waals surface area (Å²) in [5.41, 5.74) is 5.68. The number of ether oxygens (including phenoxy) is 1. The number of nitrogens with one attached hydrogen (secondary N) is 1. The average Bonchev–Trinajstić information content (AvgIpc) is 2.29. The third kappa shape index (κ3) is 3.81. The predicted octanol–water partition coefficient (Wildman–Crippen LogP) is 1.21. The lowest BCUT2D eigenvalue weighted by atomic mass is 10.3. The first kappa shape index (κ1) is 14.7. The van der Waals surface area contributed by atoms with E-state index in [0.29, 0.717) is 0 Å². The molecule has 8 heteroatoms. The van der Waals surface area contributed by atoms with Crippen molar-refractivity contribution in [1.82, 2.24) is 4.72 Å². The van der Waals surface area contributed by atoms with Crippen LogP contribution < -0.4 is 15.2 Å². The highest BCUT2D eigenvalue weighted by Crippen LogP contribution is 2.26. The number of nitrogens with two attached hydrogens (primary N) is 1. The summed E-state index contributed by atoms with van der Waals surface area (Å²) in [6.07, 6.45) is -2.77. The van der Waals surface area contributed by atoms with E-state index in [1.54, 1.807) is 11.6 Å². The Hall–Kier alpha value is -1.41. The van der Waals surface area contributed by atoms with Crippen molar-refractivity contribution >= 4 is 15.7 Å². The molecule has 0 amide bonds. The van der Waals surface area contributed by atoms with Gasteiger partial charge in [0.1, 0.15) is 10.6 Å². The highest BCUT2D eigenvalue weighted by atomic mass is 32.2. The molecule has 0 aromatic heterocycles. The molecule has 1 rings (SSSR count). The number of hydrogen-bond donors (Lipinski definition) is 2. The molecule has 0 radical (unpaired) electrons. The van der Waals surface area contributed by atoms with Crippen molar-refractivity contribution in [3.63, 3.8) is 0 Å². The Morgan fingerprint density at radius 1 is 1.44 bits per heavy atom. The Balaban J connectivity index is 3.09. The molecule has 0 aliphatic heterocycles. The molecule has 0 saturated heterocycles. The summed E-state index contributed by atoms with van der Waals surface area (Å²) in [6, 6.07) is 4.02. The smallest absolute Gasteiger partial charge is 0.251 e. The van der Waals surface area contributed by atoms with Crippen LogP contribution >= 0.6 is 0 Å². The van der Waals surface area contributed by atoms with Crippen LogP contribution in [-0.4, -0.2) is 28.0 Å². The fourth-order valence-corrected chi connectivity index (χ4v) is 2.44. The van der Waals surface area contributed by atoms with Gasteiger partial charge in [-0.25, -0.2) is 21.9 Å². The van der Waals surface area contributed by atoms with E-state index in [1.807, 2.05) is 0 Å². The van der Waals surface area contributed by atoms with Gasteiger partial charge in [0.25, 0.3) is 6.43 Å². The topological polar surface area (TPSA) is 81.4 Å². The maximum absolute atomic E-state index is 12.0. The van der Waals surface area contributed by atoms with Crippen LogP contribution in [0.2, 0.25) is 0 Å². The second-order valence-electron chi connectivity index (χ2n) is 3.38. The second-order valence-corrected chi connectivity index (χ2v) is 5.12. The van der Waals surface area contributed by atoms with Gasteiger partial charge in [-0.1, -0.05) is 0 Å². The number of anilines is 1. The molecule has 0 saturated carbocycles. The van der Waals surface area contributed by atoms with Crippen molar-refractivity contribution in [2.45, 2.75) is 18.2 Å². The fraction of sp³-hybridized carbons (Fsp3) is 0.400. The zero-order chi connectivity index (χ0) is 13.8. The van der Waals surface area contributed by atoms with Crippen LogP contribution in [0.3, 0.4) is 0 Å². The average molecular weight is 280 g/mol. The van der Waals surface area contributed by atoms with E-state index in [1.165, 1.54) is 18.2 Å². The molecule has 0 unspecified atom stereocenters. The summed E-state index contributed by atoms with van der Waals surface area (Å²) in [5, 5.41) is 0. The zero-order valence-corrected chi connectivity index (χ0v) is 10.5. The Morgan fingerprint density at radius 3 is 2.67 bits per heavy atom. The summed E-state index contributed by atoms with van der Waals surface area (Å²) in [7, 11) is -4.07. The van der Waals surface area contributed by atoms with Gasteiger partial charge in [0, 0.05) is 5.69 Å². The highest BCUT2D eigenvalue weighted by molar-refractivity contribution is 7.89. The quantitative estimate of drug-likeness (QED) is 0.767. The molecular formula is C10H14F2N2O3S. The van der Waals surface area contributed by atoms with E-state index in [4.69, 9.17) is 10.5 Å². The van der Waals surface area contributed by atoms with Crippen molar-refractivity contribution in [1.29, 1.82) is 0 Å². The lowest BCUT2D eigenvalue weighted by molar-refractivity contribution is 0.153. The van der Waals surface area contributed by atoms with Crippen LogP contribution in [0, 0.1) is 0 Å². The molecule has 1 aromatic rings. The monoisotopic (exact) mass is 280 g/mol. The van der Waals surface area contributed by atoms with Gasteiger partial charge < -0.3 is 10.5 Å². The summed E-state index contributed by atoms with van der Waals surface area (Å²) < 4.78 is 54.6.